The maximum atomic E-state index is 10.5. The number of aliphatic hydroxyl groups excluding tert-OH is 1. The zero-order chi connectivity index (χ0) is 14.8. The van der Waals surface area contributed by atoms with Crippen LogP contribution in [0.3, 0.4) is 0 Å². The zero-order valence-electron chi connectivity index (χ0n) is 12.6. The Bertz CT molecular complexity index is 602. The lowest BCUT2D eigenvalue weighted by atomic mass is 9.90. The summed E-state index contributed by atoms with van der Waals surface area (Å²) in [5.41, 5.74) is 1.23. The van der Waals surface area contributed by atoms with Crippen LogP contribution in [0.25, 0.3) is 0 Å². The molecule has 1 fully saturated rings. The van der Waals surface area contributed by atoms with E-state index in [1.807, 2.05) is 30.1 Å². The van der Waals surface area contributed by atoms with E-state index in [4.69, 9.17) is 0 Å². The summed E-state index contributed by atoms with van der Waals surface area (Å²) in [4.78, 5) is 11.0. The lowest BCUT2D eigenvalue weighted by molar-refractivity contribution is 0.0824. The van der Waals surface area contributed by atoms with Crippen LogP contribution in [0.2, 0.25) is 0 Å². The molecule has 5 nitrogen and oxygen atoms in total. The Hall–Kier alpha value is -1.88. The van der Waals surface area contributed by atoms with Crippen LogP contribution in [0.1, 0.15) is 30.3 Å². The minimum Gasteiger partial charge on any atom is -0.385 e. The first-order valence-electron chi connectivity index (χ1n) is 7.48. The number of aromatic nitrogens is 3. The molecular weight excluding hydrogens is 264 g/mol. The van der Waals surface area contributed by atoms with Gasteiger partial charge in [0.05, 0.1) is 0 Å². The number of rotatable bonds is 3. The third-order valence-corrected chi connectivity index (χ3v) is 4.33. The van der Waals surface area contributed by atoms with Crippen LogP contribution in [-0.2, 0) is 7.05 Å². The Kier molecular flexibility index (Phi) is 3.92. The van der Waals surface area contributed by atoms with E-state index in [1.54, 1.807) is 6.20 Å². The normalized spacial score (nSPS) is 18.0. The van der Waals surface area contributed by atoms with E-state index >= 15 is 0 Å². The topological polar surface area (TPSA) is 54.2 Å². The molecule has 2 aromatic heterocycles. The summed E-state index contributed by atoms with van der Waals surface area (Å²) >= 11 is 0. The fourth-order valence-corrected chi connectivity index (χ4v) is 3.01. The highest BCUT2D eigenvalue weighted by molar-refractivity contribution is 5.41. The molecule has 2 aromatic rings. The second kappa shape index (κ2) is 5.85. The Labute approximate surface area is 125 Å². The summed E-state index contributed by atoms with van der Waals surface area (Å²) in [6.45, 7) is 3.95. The fourth-order valence-electron chi connectivity index (χ4n) is 3.01. The molecule has 1 aliphatic heterocycles. The molecule has 0 saturated carbocycles. The highest BCUT2D eigenvalue weighted by atomic mass is 16.3. The first-order chi connectivity index (χ1) is 10.1. The van der Waals surface area contributed by atoms with Crippen molar-refractivity contribution in [2.75, 3.05) is 18.0 Å². The summed E-state index contributed by atoms with van der Waals surface area (Å²) < 4.78 is 1.90. The van der Waals surface area contributed by atoms with Gasteiger partial charge >= 0.3 is 0 Å². The monoisotopic (exact) mass is 286 g/mol. The van der Waals surface area contributed by atoms with Crippen LogP contribution in [0.4, 0.5) is 5.82 Å². The van der Waals surface area contributed by atoms with Gasteiger partial charge in [0.2, 0.25) is 0 Å². The number of piperidine rings is 1. The Morgan fingerprint density at radius 2 is 2.00 bits per heavy atom. The summed E-state index contributed by atoms with van der Waals surface area (Å²) in [5, 5.41) is 10.5. The fraction of sp³-hybridized carbons (Fsp3) is 0.500. The Morgan fingerprint density at radius 1 is 1.24 bits per heavy atom. The van der Waals surface area contributed by atoms with Gasteiger partial charge in [0.1, 0.15) is 17.7 Å². The molecule has 21 heavy (non-hydrogen) atoms. The van der Waals surface area contributed by atoms with E-state index in [0.29, 0.717) is 0 Å². The Balaban J connectivity index is 1.64. The average molecular weight is 286 g/mol. The quantitative estimate of drug-likeness (QED) is 0.938. The molecule has 3 rings (SSSR count). The van der Waals surface area contributed by atoms with Gasteiger partial charge in [-0.25, -0.2) is 9.97 Å². The summed E-state index contributed by atoms with van der Waals surface area (Å²) in [6.07, 6.45) is 6.93. The van der Waals surface area contributed by atoms with Crippen molar-refractivity contribution in [1.29, 1.82) is 0 Å². The van der Waals surface area contributed by atoms with Crippen LogP contribution in [0.5, 0.6) is 0 Å². The molecule has 0 aliphatic carbocycles. The number of imidazole rings is 1. The molecule has 5 heteroatoms. The molecule has 1 saturated heterocycles. The largest absolute Gasteiger partial charge is 0.385 e. The maximum absolute atomic E-state index is 10.5. The van der Waals surface area contributed by atoms with E-state index in [9.17, 15) is 5.11 Å². The molecule has 112 valence electrons. The number of hydrogen-bond donors (Lipinski definition) is 1. The number of pyridine rings is 1. The highest BCUT2D eigenvalue weighted by Gasteiger charge is 2.28. The maximum Gasteiger partial charge on any atom is 0.137 e. The standard InChI is InChI=1S/C16H22N4O/c1-12-3-6-17-14(11-12)20-8-4-13(5-9-20)15(21)16-18-7-10-19(16)2/h3,6-7,10-11,13,15,21H,4-5,8-9H2,1-2H3. The molecule has 0 radical (unpaired) electrons. The van der Waals surface area contributed by atoms with Crippen LogP contribution >= 0.6 is 0 Å². The smallest absolute Gasteiger partial charge is 0.137 e. The van der Waals surface area contributed by atoms with E-state index in [-0.39, 0.29) is 5.92 Å². The number of aryl methyl sites for hydroxylation is 2. The van der Waals surface area contributed by atoms with E-state index in [2.05, 4.69) is 27.9 Å². The molecule has 1 atom stereocenters. The van der Waals surface area contributed by atoms with Crippen molar-refractivity contribution in [1.82, 2.24) is 14.5 Å². The first-order valence-corrected chi connectivity index (χ1v) is 7.48. The van der Waals surface area contributed by atoms with Gasteiger partial charge < -0.3 is 14.6 Å². The lowest BCUT2D eigenvalue weighted by Crippen LogP contribution is -2.36. The van der Waals surface area contributed by atoms with Gasteiger partial charge in [0.15, 0.2) is 0 Å². The van der Waals surface area contributed by atoms with Gasteiger partial charge in [0, 0.05) is 38.7 Å². The van der Waals surface area contributed by atoms with Crippen LogP contribution in [-0.4, -0.2) is 32.7 Å². The highest BCUT2D eigenvalue weighted by Crippen LogP contribution is 2.31. The van der Waals surface area contributed by atoms with Gasteiger partial charge in [-0.2, -0.15) is 0 Å². The SMILES string of the molecule is Cc1ccnc(N2CCC(C(O)c3nccn3C)CC2)c1. The molecule has 0 amide bonds. The van der Waals surface area contributed by atoms with Gasteiger partial charge in [-0.1, -0.05) is 0 Å². The van der Waals surface area contributed by atoms with Gasteiger partial charge in [-0.15, -0.1) is 0 Å². The van der Waals surface area contributed by atoms with Crippen LogP contribution < -0.4 is 4.90 Å². The zero-order valence-corrected chi connectivity index (χ0v) is 12.6. The van der Waals surface area contributed by atoms with Crippen molar-refractivity contribution in [2.24, 2.45) is 13.0 Å². The molecule has 0 spiro atoms. The van der Waals surface area contributed by atoms with E-state index < -0.39 is 6.10 Å². The molecule has 1 unspecified atom stereocenters. The minimum absolute atomic E-state index is 0.271. The summed E-state index contributed by atoms with van der Waals surface area (Å²) in [5.74, 6) is 2.08. The van der Waals surface area contributed by atoms with Crippen molar-refractivity contribution < 1.29 is 5.11 Å². The number of aliphatic hydroxyl groups is 1. The van der Waals surface area contributed by atoms with Crippen molar-refractivity contribution >= 4 is 5.82 Å². The second-order valence-corrected chi connectivity index (χ2v) is 5.86. The van der Waals surface area contributed by atoms with Crippen LogP contribution in [0, 0.1) is 12.8 Å². The molecule has 0 bridgehead atoms. The minimum atomic E-state index is -0.474. The third-order valence-electron chi connectivity index (χ3n) is 4.33. The van der Waals surface area contributed by atoms with E-state index in [1.165, 1.54) is 5.56 Å². The third kappa shape index (κ3) is 2.93. The molecular formula is C16H22N4O. The summed E-state index contributed by atoms with van der Waals surface area (Å²) in [6, 6.07) is 4.14. The van der Waals surface area contributed by atoms with Gasteiger partial charge in [0.25, 0.3) is 0 Å². The van der Waals surface area contributed by atoms with Crippen molar-refractivity contribution in [3.8, 4) is 0 Å². The summed E-state index contributed by atoms with van der Waals surface area (Å²) in [7, 11) is 1.93. The number of nitrogens with zero attached hydrogens (tertiary/aromatic N) is 4. The van der Waals surface area contributed by atoms with Gasteiger partial charge in [-0.3, -0.25) is 0 Å². The Morgan fingerprint density at radius 3 is 2.62 bits per heavy atom. The number of hydrogen-bond acceptors (Lipinski definition) is 4. The number of anilines is 1. The molecule has 1 N–H and O–H groups in total. The average Bonchev–Trinajstić information content (AvgIpc) is 2.93. The van der Waals surface area contributed by atoms with Crippen molar-refractivity contribution in [3.05, 3.63) is 42.1 Å². The molecule has 1 aliphatic rings. The predicted octanol–water partition coefficient (Wildman–Crippen LogP) is 2.07. The first kappa shape index (κ1) is 14.1. The van der Waals surface area contributed by atoms with Gasteiger partial charge in [-0.05, 0) is 43.4 Å². The molecule has 3 heterocycles. The van der Waals surface area contributed by atoms with E-state index in [0.717, 1.165) is 37.6 Å². The van der Waals surface area contributed by atoms with Crippen LogP contribution in [0.15, 0.2) is 30.7 Å². The van der Waals surface area contributed by atoms with Crippen molar-refractivity contribution in [2.45, 2.75) is 25.9 Å². The van der Waals surface area contributed by atoms with Crippen molar-refractivity contribution in [3.63, 3.8) is 0 Å². The predicted molar refractivity (Wildman–Crippen MR) is 82.1 cm³/mol. The molecule has 0 aromatic carbocycles. The second-order valence-electron chi connectivity index (χ2n) is 5.86. The lowest BCUT2D eigenvalue weighted by Gasteiger charge is -2.34.